The number of allylic oxidation sites excluding steroid dienone is 2. The van der Waals surface area contributed by atoms with Crippen LogP contribution in [0.1, 0.15) is 20.8 Å². The molecular weight excluding hydrogens is 112 g/mol. The van der Waals surface area contributed by atoms with Crippen molar-refractivity contribution in [1.29, 1.82) is 0 Å². The van der Waals surface area contributed by atoms with Crippen molar-refractivity contribution < 1.29 is 4.74 Å². The van der Waals surface area contributed by atoms with Crippen molar-refractivity contribution >= 4 is 0 Å². The molecule has 0 aromatic rings. The Balaban J connectivity index is 4.21. The van der Waals surface area contributed by atoms with Crippen molar-refractivity contribution in [2.24, 2.45) is 0 Å². The molecule has 0 radical (unpaired) electrons. The number of hydrogen-bond donors (Lipinski definition) is 0. The van der Waals surface area contributed by atoms with E-state index in [-0.39, 0.29) is 0 Å². The van der Waals surface area contributed by atoms with Crippen LogP contribution in [-0.2, 0) is 4.74 Å². The van der Waals surface area contributed by atoms with Gasteiger partial charge in [0.1, 0.15) is 5.76 Å². The van der Waals surface area contributed by atoms with E-state index in [9.17, 15) is 0 Å². The standard InChI is InChI=1S/C8H14O/c1-6(2)7(3)8(4)9-5/h4H2,1-3,5H3. The highest BCUT2D eigenvalue weighted by molar-refractivity contribution is 5.24. The second-order valence-corrected chi connectivity index (χ2v) is 2.25. The zero-order valence-corrected chi connectivity index (χ0v) is 6.62. The summed E-state index contributed by atoms with van der Waals surface area (Å²) in [4.78, 5) is 0. The van der Waals surface area contributed by atoms with Crippen molar-refractivity contribution in [3.05, 3.63) is 23.5 Å². The topological polar surface area (TPSA) is 9.23 Å². The summed E-state index contributed by atoms with van der Waals surface area (Å²) in [6.45, 7) is 9.80. The summed E-state index contributed by atoms with van der Waals surface area (Å²) in [5.41, 5.74) is 2.39. The molecule has 9 heavy (non-hydrogen) atoms. The van der Waals surface area contributed by atoms with Crippen LogP contribution in [0.25, 0.3) is 0 Å². The van der Waals surface area contributed by atoms with Gasteiger partial charge in [-0.15, -0.1) is 0 Å². The highest BCUT2D eigenvalue weighted by Crippen LogP contribution is 2.11. The van der Waals surface area contributed by atoms with Crippen LogP contribution >= 0.6 is 0 Å². The van der Waals surface area contributed by atoms with Crippen molar-refractivity contribution in [2.45, 2.75) is 20.8 Å². The van der Waals surface area contributed by atoms with E-state index in [2.05, 4.69) is 6.58 Å². The Morgan fingerprint density at radius 1 is 1.22 bits per heavy atom. The minimum absolute atomic E-state index is 0.759. The average molecular weight is 126 g/mol. The van der Waals surface area contributed by atoms with Gasteiger partial charge in [-0.3, -0.25) is 0 Å². The molecule has 0 saturated carbocycles. The molecule has 0 aromatic heterocycles. The molecule has 0 fully saturated rings. The van der Waals surface area contributed by atoms with Gasteiger partial charge in [-0.1, -0.05) is 12.2 Å². The second kappa shape index (κ2) is 3.33. The molecule has 0 spiro atoms. The summed E-state index contributed by atoms with van der Waals surface area (Å²) in [5.74, 6) is 0.759. The molecule has 0 amide bonds. The van der Waals surface area contributed by atoms with Crippen LogP contribution in [0.3, 0.4) is 0 Å². The van der Waals surface area contributed by atoms with E-state index in [1.807, 2.05) is 20.8 Å². The minimum Gasteiger partial charge on any atom is -0.497 e. The maximum atomic E-state index is 4.92. The summed E-state index contributed by atoms with van der Waals surface area (Å²) in [6, 6.07) is 0. The molecule has 0 bridgehead atoms. The molecule has 0 rings (SSSR count). The van der Waals surface area contributed by atoms with Crippen LogP contribution in [0.2, 0.25) is 0 Å². The summed E-state index contributed by atoms with van der Waals surface area (Å²) < 4.78 is 4.92. The molecular formula is C8H14O. The van der Waals surface area contributed by atoms with Crippen LogP contribution in [0.4, 0.5) is 0 Å². The first kappa shape index (κ1) is 8.28. The molecule has 0 heterocycles. The van der Waals surface area contributed by atoms with Crippen molar-refractivity contribution in [2.75, 3.05) is 7.11 Å². The van der Waals surface area contributed by atoms with Crippen LogP contribution in [-0.4, -0.2) is 7.11 Å². The highest BCUT2D eigenvalue weighted by Gasteiger charge is 1.95. The molecule has 52 valence electrons. The molecule has 0 aromatic carbocycles. The van der Waals surface area contributed by atoms with Gasteiger partial charge in [0.2, 0.25) is 0 Å². The van der Waals surface area contributed by atoms with E-state index in [1.165, 1.54) is 5.57 Å². The third-order valence-electron chi connectivity index (χ3n) is 1.41. The Morgan fingerprint density at radius 3 is 1.78 bits per heavy atom. The van der Waals surface area contributed by atoms with Gasteiger partial charge in [0, 0.05) is 0 Å². The van der Waals surface area contributed by atoms with Crippen LogP contribution < -0.4 is 0 Å². The fourth-order valence-corrected chi connectivity index (χ4v) is 0.432. The van der Waals surface area contributed by atoms with Crippen molar-refractivity contribution in [3.63, 3.8) is 0 Å². The third kappa shape index (κ3) is 2.36. The minimum atomic E-state index is 0.759. The molecule has 0 aliphatic carbocycles. The third-order valence-corrected chi connectivity index (χ3v) is 1.41. The number of ether oxygens (including phenoxy) is 1. The fourth-order valence-electron chi connectivity index (χ4n) is 0.432. The molecule has 0 aliphatic heterocycles. The van der Waals surface area contributed by atoms with E-state index in [1.54, 1.807) is 7.11 Å². The number of rotatable bonds is 2. The van der Waals surface area contributed by atoms with E-state index >= 15 is 0 Å². The Labute approximate surface area is 57.0 Å². The van der Waals surface area contributed by atoms with Gasteiger partial charge in [-0.2, -0.15) is 0 Å². The van der Waals surface area contributed by atoms with Crippen LogP contribution in [0.5, 0.6) is 0 Å². The predicted molar refractivity (Wildman–Crippen MR) is 40.2 cm³/mol. The Kier molecular flexibility index (Phi) is 3.07. The first-order valence-corrected chi connectivity index (χ1v) is 2.97. The maximum Gasteiger partial charge on any atom is 0.114 e. The lowest BCUT2D eigenvalue weighted by Gasteiger charge is -2.04. The molecule has 0 saturated heterocycles. The Hall–Kier alpha value is -0.720. The van der Waals surface area contributed by atoms with Crippen LogP contribution in [0, 0.1) is 0 Å². The second-order valence-electron chi connectivity index (χ2n) is 2.25. The zero-order chi connectivity index (χ0) is 7.44. The lowest BCUT2D eigenvalue weighted by Crippen LogP contribution is -1.87. The van der Waals surface area contributed by atoms with Gasteiger partial charge < -0.3 is 4.74 Å². The average Bonchev–Trinajstić information content (AvgIpc) is 1.84. The fraction of sp³-hybridized carbons (Fsp3) is 0.500. The number of hydrogen-bond acceptors (Lipinski definition) is 1. The normalized spacial score (nSPS) is 8.44. The first-order valence-electron chi connectivity index (χ1n) is 2.97. The smallest absolute Gasteiger partial charge is 0.114 e. The summed E-state index contributed by atoms with van der Waals surface area (Å²) in [5, 5.41) is 0. The molecule has 0 N–H and O–H groups in total. The van der Waals surface area contributed by atoms with Gasteiger partial charge in [0.25, 0.3) is 0 Å². The zero-order valence-electron chi connectivity index (χ0n) is 6.62. The Bertz CT molecular complexity index is 139. The molecule has 0 unspecified atom stereocenters. The van der Waals surface area contributed by atoms with Gasteiger partial charge in [0.15, 0.2) is 0 Å². The van der Waals surface area contributed by atoms with E-state index < -0.39 is 0 Å². The predicted octanol–water partition coefficient (Wildman–Crippen LogP) is 2.50. The number of methoxy groups -OCH3 is 1. The van der Waals surface area contributed by atoms with E-state index in [4.69, 9.17) is 4.74 Å². The molecule has 1 heteroatoms. The van der Waals surface area contributed by atoms with Crippen LogP contribution in [0.15, 0.2) is 23.5 Å². The van der Waals surface area contributed by atoms with Crippen molar-refractivity contribution in [1.82, 2.24) is 0 Å². The molecule has 1 nitrogen and oxygen atoms in total. The van der Waals surface area contributed by atoms with Gasteiger partial charge in [0.05, 0.1) is 7.11 Å². The molecule has 0 aliphatic rings. The van der Waals surface area contributed by atoms with Gasteiger partial charge in [-0.25, -0.2) is 0 Å². The quantitative estimate of drug-likeness (QED) is 0.408. The maximum absolute atomic E-state index is 4.92. The monoisotopic (exact) mass is 126 g/mol. The molecule has 0 atom stereocenters. The SMILES string of the molecule is C=C(OC)C(C)=C(C)C. The summed E-state index contributed by atoms with van der Waals surface area (Å²) in [6.07, 6.45) is 0. The first-order chi connectivity index (χ1) is 4.09. The lowest BCUT2D eigenvalue weighted by molar-refractivity contribution is 0.302. The van der Waals surface area contributed by atoms with Crippen molar-refractivity contribution in [3.8, 4) is 0 Å². The summed E-state index contributed by atoms with van der Waals surface area (Å²) in [7, 11) is 1.63. The van der Waals surface area contributed by atoms with E-state index in [0.29, 0.717) is 0 Å². The Morgan fingerprint density at radius 2 is 1.67 bits per heavy atom. The van der Waals surface area contributed by atoms with Gasteiger partial charge >= 0.3 is 0 Å². The lowest BCUT2D eigenvalue weighted by atomic mass is 10.1. The highest BCUT2D eigenvalue weighted by atomic mass is 16.5. The van der Waals surface area contributed by atoms with Gasteiger partial charge in [-0.05, 0) is 26.3 Å². The summed E-state index contributed by atoms with van der Waals surface area (Å²) >= 11 is 0. The largest absolute Gasteiger partial charge is 0.497 e. The van der Waals surface area contributed by atoms with E-state index in [0.717, 1.165) is 11.3 Å².